The number of rotatable bonds is 7. The number of ether oxygens (including phenoxy) is 1. The SMILES string of the molecule is CCCNC(Cc1cc(Br)ccc1OC)c1cn[nH]n1. The Morgan fingerprint density at radius 2 is 2.30 bits per heavy atom. The molecular formula is C14H19BrN4O. The maximum atomic E-state index is 5.43. The van der Waals surface area contributed by atoms with Crippen LogP contribution in [0.2, 0.25) is 0 Å². The van der Waals surface area contributed by atoms with Crippen molar-refractivity contribution in [3.05, 3.63) is 40.1 Å². The van der Waals surface area contributed by atoms with Gasteiger partial charge in [-0.1, -0.05) is 22.9 Å². The largest absolute Gasteiger partial charge is 0.496 e. The van der Waals surface area contributed by atoms with Gasteiger partial charge < -0.3 is 10.1 Å². The van der Waals surface area contributed by atoms with Crippen molar-refractivity contribution < 1.29 is 4.74 Å². The van der Waals surface area contributed by atoms with Crippen LogP contribution < -0.4 is 10.1 Å². The van der Waals surface area contributed by atoms with Gasteiger partial charge in [0.1, 0.15) is 5.75 Å². The molecule has 1 aromatic carbocycles. The van der Waals surface area contributed by atoms with Crippen LogP contribution in [0.15, 0.2) is 28.9 Å². The van der Waals surface area contributed by atoms with Gasteiger partial charge in [0.15, 0.2) is 0 Å². The lowest BCUT2D eigenvalue weighted by Crippen LogP contribution is -2.24. The lowest BCUT2D eigenvalue weighted by atomic mass is 10.0. The number of H-pyrrole nitrogens is 1. The fourth-order valence-electron chi connectivity index (χ4n) is 2.10. The molecule has 0 bridgehead atoms. The molecule has 0 radical (unpaired) electrons. The molecule has 0 fully saturated rings. The minimum Gasteiger partial charge on any atom is -0.496 e. The van der Waals surface area contributed by atoms with Gasteiger partial charge in [0.25, 0.3) is 0 Å². The van der Waals surface area contributed by atoms with Crippen LogP contribution in [-0.2, 0) is 6.42 Å². The average Bonchev–Trinajstić information content (AvgIpc) is 2.97. The Balaban J connectivity index is 2.21. The third kappa shape index (κ3) is 3.80. The Morgan fingerprint density at radius 3 is 2.95 bits per heavy atom. The molecule has 0 saturated heterocycles. The monoisotopic (exact) mass is 338 g/mol. The van der Waals surface area contributed by atoms with Crippen LogP contribution >= 0.6 is 15.9 Å². The Morgan fingerprint density at radius 1 is 1.45 bits per heavy atom. The number of aromatic nitrogens is 3. The van der Waals surface area contributed by atoms with E-state index in [4.69, 9.17) is 4.74 Å². The van der Waals surface area contributed by atoms with Crippen LogP contribution in [-0.4, -0.2) is 29.1 Å². The molecule has 5 nitrogen and oxygen atoms in total. The summed E-state index contributed by atoms with van der Waals surface area (Å²) in [6.07, 6.45) is 3.64. The van der Waals surface area contributed by atoms with Crippen LogP contribution in [0.25, 0.3) is 0 Å². The normalized spacial score (nSPS) is 12.3. The van der Waals surface area contributed by atoms with E-state index >= 15 is 0 Å². The van der Waals surface area contributed by atoms with Gasteiger partial charge in [-0.3, -0.25) is 0 Å². The molecule has 2 aromatic rings. The van der Waals surface area contributed by atoms with Gasteiger partial charge in [-0.15, -0.1) is 0 Å². The molecule has 0 spiro atoms. The molecule has 0 amide bonds. The summed E-state index contributed by atoms with van der Waals surface area (Å²) in [6.45, 7) is 3.08. The van der Waals surface area contributed by atoms with E-state index in [1.165, 1.54) is 0 Å². The van der Waals surface area contributed by atoms with Crippen molar-refractivity contribution in [2.75, 3.05) is 13.7 Å². The third-order valence-corrected chi connectivity index (χ3v) is 3.59. The molecular weight excluding hydrogens is 320 g/mol. The van der Waals surface area contributed by atoms with Gasteiger partial charge in [-0.2, -0.15) is 15.4 Å². The highest BCUT2D eigenvalue weighted by Crippen LogP contribution is 2.27. The molecule has 0 aliphatic heterocycles. The number of methoxy groups -OCH3 is 1. The fraction of sp³-hybridized carbons (Fsp3) is 0.429. The van der Waals surface area contributed by atoms with E-state index in [-0.39, 0.29) is 6.04 Å². The zero-order valence-corrected chi connectivity index (χ0v) is 13.3. The second-order valence-electron chi connectivity index (χ2n) is 4.56. The summed E-state index contributed by atoms with van der Waals surface area (Å²) in [5.74, 6) is 0.889. The number of hydrogen-bond acceptors (Lipinski definition) is 4. The summed E-state index contributed by atoms with van der Waals surface area (Å²) in [5, 5.41) is 14.3. The summed E-state index contributed by atoms with van der Waals surface area (Å²) in [6, 6.07) is 6.16. The first-order chi connectivity index (χ1) is 9.74. The van der Waals surface area contributed by atoms with Crippen LogP contribution in [0.1, 0.15) is 30.6 Å². The van der Waals surface area contributed by atoms with Crippen molar-refractivity contribution in [3.63, 3.8) is 0 Å². The van der Waals surface area contributed by atoms with E-state index in [1.54, 1.807) is 13.3 Å². The second-order valence-corrected chi connectivity index (χ2v) is 5.48. The average molecular weight is 339 g/mol. The standard InChI is InChI=1S/C14H19BrN4O/c1-3-6-16-12(13-9-17-19-18-13)8-10-7-11(15)4-5-14(10)20-2/h4-5,7,9,12,16H,3,6,8H2,1-2H3,(H,17,18,19). The highest BCUT2D eigenvalue weighted by Gasteiger charge is 2.16. The molecule has 1 unspecified atom stereocenters. The molecule has 108 valence electrons. The molecule has 1 atom stereocenters. The van der Waals surface area contributed by atoms with Crippen molar-refractivity contribution in [3.8, 4) is 5.75 Å². The summed E-state index contributed by atoms with van der Waals surface area (Å²) in [5.41, 5.74) is 2.05. The van der Waals surface area contributed by atoms with Crippen LogP contribution in [0, 0.1) is 0 Å². The first-order valence-electron chi connectivity index (χ1n) is 6.66. The van der Waals surface area contributed by atoms with Crippen LogP contribution in [0.3, 0.4) is 0 Å². The van der Waals surface area contributed by atoms with Crippen LogP contribution in [0.4, 0.5) is 0 Å². The molecule has 0 saturated carbocycles. The minimum absolute atomic E-state index is 0.122. The number of benzene rings is 1. The maximum Gasteiger partial charge on any atom is 0.122 e. The highest BCUT2D eigenvalue weighted by molar-refractivity contribution is 9.10. The van der Waals surface area contributed by atoms with E-state index in [9.17, 15) is 0 Å². The smallest absolute Gasteiger partial charge is 0.122 e. The zero-order valence-electron chi connectivity index (χ0n) is 11.7. The van der Waals surface area contributed by atoms with E-state index in [0.717, 1.165) is 40.9 Å². The predicted octanol–water partition coefficient (Wildman–Crippen LogP) is 2.86. The van der Waals surface area contributed by atoms with Gasteiger partial charge in [-0.05, 0) is 43.1 Å². The predicted molar refractivity (Wildman–Crippen MR) is 81.8 cm³/mol. The Hall–Kier alpha value is -1.40. The Bertz CT molecular complexity index is 530. The van der Waals surface area contributed by atoms with Crippen molar-refractivity contribution in [1.82, 2.24) is 20.7 Å². The number of nitrogens with one attached hydrogen (secondary N) is 2. The number of halogens is 1. The molecule has 1 heterocycles. The lowest BCUT2D eigenvalue weighted by molar-refractivity contribution is 0.404. The highest BCUT2D eigenvalue weighted by atomic mass is 79.9. The molecule has 0 aliphatic rings. The van der Waals surface area contributed by atoms with Crippen molar-refractivity contribution in [1.29, 1.82) is 0 Å². The number of nitrogens with zero attached hydrogens (tertiary/aromatic N) is 2. The van der Waals surface area contributed by atoms with E-state index in [1.807, 2.05) is 12.1 Å². The zero-order chi connectivity index (χ0) is 14.4. The van der Waals surface area contributed by atoms with Gasteiger partial charge in [0.2, 0.25) is 0 Å². The van der Waals surface area contributed by atoms with E-state index in [2.05, 4.69) is 49.6 Å². The third-order valence-electron chi connectivity index (χ3n) is 3.10. The fourth-order valence-corrected chi connectivity index (χ4v) is 2.51. The molecule has 2 N–H and O–H groups in total. The van der Waals surface area contributed by atoms with Gasteiger partial charge >= 0.3 is 0 Å². The van der Waals surface area contributed by atoms with Crippen molar-refractivity contribution >= 4 is 15.9 Å². The quantitative estimate of drug-likeness (QED) is 0.814. The molecule has 20 heavy (non-hydrogen) atoms. The Kier molecular flexibility index (Phi) is 5.55. The van der Waals surface area contributed by atoms with Crippen molar-refractivity contribution in [2.45, 2.75) is 25.8 Å². The van der Waals surface area contributed by atoms with E-state index in [0.29, 0.717) is 0 Å². The van der Waals surface area contributed by atoms with Gasteiger partial charge in [0, 0.05) is 4.47 Å². The summed E-state index contributed by atoms with van der Waals surface area (Å²) in [4.78, 5) is 0. The molecule has 6 heteroatoms. The number of aromatic amines is 1. The maximum absolute atomic E-state index is 5.43. The van der Waals surface area contributed by atoms with E-state index < -0.39 is 0 Å². The second kappa shape index (κ2) is 7.40. The topological polar surface area (TPSA) is 62.8 Å². The van der Waals surface area contributed by atoms with Crippen molar-refractivity contribution in [2.24, 2.45) is 0 Å². The Labute approximate surface area is 127 Å². The molecule has 0 aliphatic carbocycles. The lowest BCUT2D eigenvalue weighted by Gasteiger charge is -2.18. The van der Waals surface area contributed by atoms with Gasteiger partial charge in [-0.25, -0.2) is 0 Å². The van der Waals surface area contributed by atoms with Gasteiger partial charge in [0.05, 0.1) is 25.0 Å². The van der Waals surface area contributed by atoms with Crippen LogP contribution in [0.5, 0.6) is 5.75 Å². The first kappa shape index (κ1) is 15.0. The molecule has 1 aromatic heterocycles. The summed E-state index contributed by atoms with van der Waals surface area (Å²) >= 11 is 3.51. The summed E-state index contributed by atoms with van der Waals surface area (Å²) in [7, 11) is 1.69. The minimum atomic E-state index is 0.122. The number of hydrogen-bond donors (Lipinski definition) is 2. The summed E-state index contributed by atoms with van der Waals surface area (Å²) < 4.78 is 6.47. The molecule has 2 rings (SSSR count). The first-order valence-corrected chi connectivity index (χ1v) is 7.45.